The van der Waals surface area contributed by atoms with Gasteiger partial charge in [-0.15, -0.1) is 0 Å². The third kappa shape index (κ3) is 2.56. The number of nitrogens with zero attached hydrogens (tertiary/aromatic N) is 1. The number of anilines is 1. The zero-order chi connectivity index (χ0) is 11.4. The lowest BCUT2D eigenvalue weighted by Gasteiger charge is -2.18. The summed E-state index contributed by atoms with van der Waals surface area (Å²) < 4.78 is 0. The van der Waals surface area contributed by atoms with E-state index in [9.17, 15) is 0 Å². The van der Waals surface area contributed by atoms with Crippen LogP contribution in [0.4, 0.5) is 5.69 Å². The quantitative estimate of drug-likeness (QED) is 0.841. The van der Waals surface area contributed by atoms with Crippen molar-refractivity contribution in [3.05, 3.63) is 29.8 Å². The Morgan fingerprint density at radius 2 is 1.81 bits per heavy atom. The summed E-state index contributed by atoms with van der Waals surface area (Å²) in [6.07, 6.45) is 4.88. The SMILES string of the molecule is CCC[C@H](N)c1ccc(N2CCCC2)cc1. The first-order chi connectivity index (χ1) is 7.81. The molecule has 2 nitrogen and oxygen atoms in total. The lowest BCUT2D eigenvalue weighted by atomic mass is 10.0. The van der Waals surface area contributed by atoms with Gasteiger partial charge in [0.15, 0.2) is 0 Å². The van der Waals surface area contributed by atoms with E-state index in [1.807, 2.05) is 0 Å². The van der Waals surface area contributed by atoms with Crippen LogP contribution in [0, 0.1) is 0 Å². The summed E-state index contributed by atoms with van der Waals surface area (Å²) in [6.45, 7) is 4.60. The average Bonchev–Trinajstić information content (AvgIpc) is 2.83. The molecule has 1 aliphatic rings. The maximum Gasteiger partial charge on any atom is 0.0366 e. The first-order valence-corrected chi connectivity index (χ1v) is 6.41. The van der Waals surface area contributed by atoms with Crippen LogP contribution in [-0.4, -0.2) is 13.1 Å². The van der Waals surface area contributed by atoms with E-state index in [0.717, 1.165) is 12.8 Å². The van der Waals surface area contributed by atoms with Gasteiger partial charge in [0.1, 0.15) is 0 Å². The molecule has 2 heteroatoms. The van der Waals surface area contributed by atoms with Gasteiger partial charge in [0, 0.05) is 24.8 Å². The molecule has 1 aromatic carbocycles. The first-order valence-electron chi connectivity index (χ1n) is 6.41. The van der Waals surface area contributed by atoms with Crippen molar-refractivity contribution in [1.29, 1.82) is 0 Å². The molecule has 1 heterocycles. The maximum atomic E-state index is 6.10. The molecule has 0 aromatic heterocycles. The van der Waals surface area contributed by atoms with Crippen LogP contribution in [0.3, 0.4) is 0 Å². The summed E-state index contributed by atoms with van der Waals surface area (Å²) >= 11 is 0. The van der Waals surface area contributed by atoms with Crippen molar-refractivity contribution in [3.8, 4) is 0 Å². The van der Waals surface area contributed by atoms with Gasteiger partial charge in [-0.25, -0.2) is 0 Å². The minimum Gasteiger partial charge on any atom is -0.372 e. The van der Waals surface area contributed by atoms with E-state index in [4.69, 9.17) is 5.73 Å². The van der Waals surface area contributed by atoms with E-state index >= 15 is 0 Å². The summed E-state index contributed by atoms with van der Waals surface area (Å²) in [4.78, 5) is 2.45. The molecule has 1 saturated heterocycles. The zero-order valence-electron chi connectivity index (χ0n) is 10.2. The number of hydrogen-bond acceptors (Lipinski definition) is 2. The molecule has 0 radical (unpaired) electrons. The first kappa shape index (κ1) is 11.5. The number of rotatable bonds is 4. The van der Waals surface area contributed by atoms with E-state index in [0.29, 0.717) is 0 Å². The van der Waals surface area contributed by atoms with Crippen molar-refractivity contribution in [2.75, 3.05) is 18.0 Å². The molecule has 2 N–H and O–H groups in total. The van der Waals surface area contributed by atoms with Crippen LogP contribution < -0.4 is 10.6 Å². The monoisotopic (exact) mass is 218 g/mol. The average molecular weight is 218 g/mol. The molecular formula is C14H22N2. The van der Waals surface area contributed by atoms with E-state index in [-0.39, 0.29) is 6.04 Å². The molecule has 88 valence electrons. The van der Waals surface area contributed by atoms with Crippen molar-refractivity contribution in [3.63, 3.8) is 0 Å². The van der Waals surface area contributed by atoms with Crippen LogP contribution in [0.1, 0.15) is 44.2 Å². The fraction of sp³-hybridized carbons (Fsp3) is 0.571. The molecule has 1 aliphatic heterocycles. The Kier molecular flexibility index (Phi) is 3.83. The van der Waals surface area contributed by atoms with Gasteiger partial charge in [-0.05, 0) is 37.0 Å². The van der Waals surface area contributed by atoms with Gasteiger partial charge in [0.05, 0.1) is 0 Å². The molecule has 1 aromatic rings. The highest BCUT2D eigenvalue weighted by Gasteiger charge is 2.12. The van der Waals surface area contributed by atoms with Crippen LogP contribution in [0.5, 0.6) is 0 Å². The van der Waals surface area contributed by atoms with E-state index in [1.165, 1.54) is 37.2 Å². The third-order valence-electron chi connectivity index (χ3n) is 3.39. The molecular weight excluding hydrogens is 196 g/mol. The van der Waals surface area contributed by atoms with Gasteiger partial charge in [-0.3, -0.25) is 0 Å². The van der Waals surface area contributed by atoms with Crippen molar-refractivity contribution in [1.82, 2.24) is 0 Å². The zero-order valence-corrected chi connectivity index (χ0v) is 10.2. The van der Waals surface area contributed by atoms with E-state index in [2.05, 4.69) is 36.1 Å². The summed E-state index contributed by atoms with van der Waals surface area (Å²) in [6, 6.07) is 9.02. The highest BCUT2D eigenvalue weighted by molar-refractivity contribution is 5.48. The highest BCUT2D eigenvalue weighted by atomic mass is 15.1. The Bertz CT molecular complexity index is 312. The highest BCUT2D eigenvalue weighted by Crippen LogP contribution is 2.23. The van der Waals surface area contributed by atoms with Crippen molar-refractivity contribution in [2.24, 2.45) is 5.73 Å². The van der Waals surface area contributed by atoms with Crippen molar-refractivity contribution in [2.45, 2.75) is 38.6 Å². The van der Waals surface area contributed by atoms with Gasteiger partial charge < -0.3 is 10.6 Å². The van der Waals surface area contributed by atoms with Gasteiger partial charge in [-0.1, -0.05) is 25.5 Å². The Balaban J connectivity index is 2.03. The van der Waals surface area contributed by atoms with Crippen molar-refractivity contribution >= 4 is 5.69 Å². The maximum absolute atomic E-state index is 6.10. The lowest BCUT2D eigenvalue weighted by Crippen LogP contribution is -2.17. The molecule has 0 spiro atoms. The van der Waals surface area contributed by atoms with Crippen LogP contribution in [0.2, 0.25) is 0 Å². The Hall–Kier alpha value is -1.02. The van der Waals surface area contributed by atoms with Gasteiger partial charge >= 0.3 is 0 Å². The topological polar surface area (TPSA) is 29.3 Å². The van der Waals surface area contributed by atoms with Crippen LogP contribution in [0.15, 0.2) is 24.3 Å². The molecule has 0 aliphatic carbocycles. The minimum atomic E-state index is 0.206. The Morgan fingerprint density at radius 1 is 1.19 bits per heavy atom. The largest absolute Gasteiger partial charge is 0.372 e. The summed E-state index contributed by atoms with van der Waals surface area (Å²) in [7, 11) is 0. The van der Waals surface area contributed by atoms with Crippen LogP contribution in [0.25, 0.3) is 0 Å². The smallest absolute Gasteiger partial charge is 0.0366 e. The minimum absolute atomic E-state index is 0.206. The number of nitrogens with two attached hydrogens (primary N) is 1. The molecule has 0 bridgehead atoms. The molecule has 0 unspecified atom stereocenters. The molecule has 0 amide bonds. The standard InChI is InChI=1S/C14H22N2/c1-2-5-14(15)12-6-8-13(9-7-12)16-10-3-4-11-16/h6-9,14H,2-5,10-11,15H2,1H3/t14-/m0/s1. The summed E-state index contributed by atoms with van der Waals surface area (Å²) in [5.74, 6) is 0. The molecule has 2 rings (SSSR count). The Morgan fingerprint density at radius 3 is 2.38 bits per heavy atom. The Labute approximate surface area is 98.4 Å². The molecule has 16 heavy (non-hydrogen) atoms. The predicted molar refractivity (Wildman–Crippen MR) is 69.7 cm³/mol. The molecule has 1 fully saturated rings. The van der Waals surface area contributed by atoms with Gasteiger partial charge in [0.25, 0.3) is 0 Å². The van der Waals surface area contributed by atoms with Gasteiger partial charge in [-0.2, -0.15) is 0 Å². The van der Waals surface area contributed by atoms with Crippen LogP contribution >= 0.6 is 0 Å². The fourth-order valence-electron chi connectivity index (χ4n) is 2.39. The van der Waals surface area contributed by atoms with E-state index < -0.39 is 0 Å². The predicted octanol–water partition coefficient (Wildman–Crippen LogP) is 3.09. The second kappa shape index (κ2) is 5.35. The number of benzene rings is 1. The fourth-order valence-corrected chi connectivity index (χ4v) is 2.39. The summed E-state index contributed by atoms with van der Waals surface area (Å²) in [5.41, 5.74) is 8.72. The summed E-state index contributed by atoms with van der Waals surface area (Å²) in [5, 5.41) is 0. The molecule has 0 saturated carbocycles. The second-order valence-corrected chi connectivity index (χ2v) is 4.68. The van der Waals surface area contributed by atoms with Gasteiger partial charge in [0.2, 0.25) is 0 Å². The second-order valence-electron chi connectivity index (χ2n) is 4.68. The normalized spacial score (nSPS) is 17.8. The lowest BCUT2D eigenvalue weighted by molar-refractivity contribution is 0.638. The van der Waals surface area contributed by atoms with Crippen molar-refractivity contribution < 1.29 is 0 Å². The number of hydrogen-bond donors (Lipinski definition) is 1. The van der Waals surface area contributed by atoms with E-state index in [1.54, 1.807) is 0 Å². The van der Waals surface area contributed by atoms with Crippen LogP contribution in [-0.2, 0) is 0 Å². The third-order valence-corrected chi connectivity index (χ3v) is 3.39. The molecule has 1 atom stereocenters.